The first kappa shape index (κ1) is 13.2. The lowest BCUT2D eigenvalue weighted by molar-refractivity contribution is -0.123. The fourth-order valence-corrected chi connectivity index (χ4v) is 3.13. The smallest absolute Gasteiger partial charge is 0.251 e. The van der Waals surface area contributed by atoms with Crippen LogP contribution in [0.2, 0.25) is 0 Å². The molecule has 1 heterocycles. The highest BCUT2D eigenvalue weighted by molar-refractivity contribution is 7.99. The van der Waals surface area contributed by atoms with Gasteiger partial charge in [-0.1, -0.05) is 60.7 Å². The van der Waals surface area contributed by atoms with Crippen LogP contribution in [0.3, 0.4) is 0 Å². The average molecular weight is 284 g/mol. The molecule has 20 heavy (non-hydrogen) atoms. The van der Waals surface area contributed by atoms with Gasteiger partial charge in [-0.05, 0) is 17.4 Å². The highest BCUT2D eigenvalue weighted by atomic mass is 32.2. The molecular formula is C16H16N2OS. The molecule has 102 valence electrons. The van der Waals surface area contributed by atoms with Crippen molar-refractivity contribution in [2.45, 2.75) is 11.0 Å². The van der Waals surface area contributed by atoms with Gasteiger partial charge in [0.25, 0.3) is 5.91 Å². The van der Waals surface area contributed by atoms with E-state index >= 15 is 0 Å². The van der Waals surface area contributed by atoms with E-state index in [-0.39, 0.29) is 11.4 Å². The molecule has 3 nitrogen and oxygen atoms in total. The van der Waals surface area contributed by atoms with Gasteiger partial charge in [-0.3, -0.25) is 10.1 Å². The molecule has 0 saturated carbocycles. The number of carbonyl (C=O) groups excluding carboxylic acids is 1. The molecule has 2 aromatic carbocycles. The van der Waals surface area contributed by atoms with Crippen molar-refractivity contribution in [1.82, 2.24) is 10.6 Å². The first-order valence-corrected chi connectivity index (χ1v) is 7.78. The summed E-state index contributed by atoms with van der Waals surface area (Å²) >= 11 is 1.58. The lowest BCUT2D eigenvalue weighted by atomic mass is 9.83. The second kappa shape index (κ2) is 5.31. The Morgan fingerprint density at radius 1 is 0.950 bits per heavy atom. The van der Waals surface area contributed by atoms with E-state index in [1.165, 1.54) is 0 Å². The number of hydrogen-bond acceptors (Lipinski definition) is 3. The molecule has 1 saturated heterocycles. The van der Waals surface area contributed by atoms with Crippen molar-refractivity contribution >= 4 is 17.7 Å². The lowest BCUT2D eigenvalue weighted by Crippen LogP contribution is -2.45. The maximum Gasteiger partial charge on any atom is 0.251 e. The zero-order valence-corrected chi connectivity index (χ0v) is 12.0. The van der Waals surface area contributed by atoms with Gasteiger partial charge >= 0.3 is 0 Å². The summed E-state index contributed by atoms with van der Waals surface area (Å²) in [7, 11) is 0. The van der Waals surface area contributed by atoms with Gasteiger partial charge in [-0.25, -0.2) is 0 Å². The minimum atomic E-state index is -0.809. The summed E-state index contributed by atoms with van der Waals surface area (Å²) in [5.74, 6) is -0.00532. The third-order valence-electron chi connectivity index (χ3n) is 3.60. The van der Waals surface area contributed by atoms with Crippen LogP contribution in [0.5, 0.6) is 0 Å². The SMILES string of the molecule is CSC1NC(=O)C(c2ccccc2)(c2ccccc2)N1. The van der Waals surface area contributed by atoms with Crippen molar-refractivity contribution < 1.29 is 4.79 Å². The molecule has 3 rings (SSSR count). The summed E-state index contributed by atoms with van der Waals surface area (Å²) in [4.78, 5) is 12.7. The molecule has 1 amide bonds. The molecular weight excluding hydrogens is 268 g/mol. The standard InChI is InChI=1S/C16H16N2OS/c1-20-15-17-14(19)16(18-15,12-8-4-2-5-9-12)13-10-6-3-7-11-13/h2-11,15,18H,1H3,(H,17,19). The van der Waals surface area contributed by atoms with Crippen LogP contribution >= 0.6 is 11.8 Å². The van der Waals surface area contributed by atoms with Crippen LogP contribution < -0.4 is 10.6 Å². The van der Waals surface area contributed by atoms with Crippen molar-refractivity contribution in [2.24, 2.45) is 0 Å². The van der Waals surface area contributed by atoms with Gasteiger partial charge in [-0.15, -0.1) is 11.8 Å². The van der Waals surface area contributed by atoms with Gasteiger partial charge < -0.3 is 5.32 Å². The number of hydrogen-bond donors (Lipinski definition) is 2. The third kappa shape index (κ3) is 2.01. The molecule has 0 radical (unpaired) electrons. The molecule has 1 aliphatic rings. The number of carbonyl (C=O) groups is 1. The van der Waals surface area contributed by atoms with Crippen LogP contribution in [0.25, 0.3) is 0 Å². The van der Waals surface area contributed by atoms with Gasteiger partial charge in [0.2, 0.25) is 0 Å². The summed E-state index contributed by atoms with van der Waals surface area (Å²) in [6.45, 7) is 0. The van der Waals surface area contributed by atoms with Gasteiger partial charge in [0.1, 0.15) is 5.50 Å². The Morgan fingerprint density at radius 3 is 1.85 bits per heavy atom. The minimum Gasteiger partial charge on any atom is -0.330 e. The minimum absolute atomic E-state index is 0.00532. The molecule has 0 bridgehead atoms. The zero-order valence-electron chi connectivity index (χ0n) is 11.2. The Kier molecular flexibility index (Phi) is 3.51. The quantitative estimate of drug-likeness (QED) is 0.908. The van der Waals surface area contributed by atoms with Gasteiger partial charge in [-0.2, -0.15) is 0 Å². The van der Waals surface area contributed by atoms with Crippen LogP contribution in [0.1, 0.15) is 11.1 Å². The largest absolute Gasteiger partial charge is 0.330 e. The number of amides is 1. The predicted molar refractivity (Wildman–Crippen MR) is 82.2 cm³/mol. The van der Waals surface area contributed by atoms with E-state index in [4.69, 9.17) is 0 Å². The van der Waals surface area contributed by atoms with Gasteiger partial charge in [0.15, 0.2) is 5.54 Å². The first-order chi connectivity index (χ1) is 9.77. The van der Waals surface area contributed by atoms with E-state index in [0.717, 1.165) is 11.1 Å². The summed E-state index contributed by atoms with van der Waals surface area (Å²) in [5, 5.41) is 6.44. The monoisotopic (exact) mass is 284 g/mol. The Bertz CT molecular complexity index is 561. The second-order valence-electron chi connectivity index (χ2n) is 4.72. The van der Waals surface area contributed by atoms with Gasteiger partial charge in [0, 0.05) is 0 Å². The highest BCUT2D eigenvalue weighted by Crippen LogP contribution is 2.34. The second-order valence-corrected chi connectivity index (χ2v) is 5.66. The van der Waals surface area contributed by atoms with Crippen molar-refractivity contribution in [3.8, 4) is 0 Å². The summed E-state index contributed by atoms with van der Waals surface area (Å²) in [5.41, 5.74) is 1.03. The summed E-state index contributed by atoms with van der Waals surface area (Å²) < 4.78 is 0. The van der Waals surface area contributed by atoms with E-state index in [9.17, 15) is 4.79 Å². The average Bonchev–Trinajstić information content (AvgIpc) is 2.87. The molecule has 2 aromatic rings. The third-order valence-corrected chi connectivity index (χ3v) is 4.31. The number of nitrogens with one attached hydrogen (secondary N) is 2. The lowest BCUT2D eigenvalue weighted by Gasteiger charge is -2.28. The number of benzene rings is 2. The number of rotatable bonds is 3. The van der Waals surface area contributed by atoms with Crippen LogP contribution in [0.4, 0.5) is 0 Å². The van der Waals surface area contributed by atoms with E-state index in [2.05, 4.69) is 10.6 Å². The van der Waals surface area contributed by atoms with Crippen molar-refractivity contribution in [1.29, 1.82) is 0 Å². The Labute approximate surface area is 122 Å². The first-order valence-electron chi connectivity index (χ1n) is 6.50. The molecule has 4 heteroatoms. The molecule has 1 aliphatic heterocycles. The maximum absolute atomic E-state index is 12.7. The predicted octanol–water partition coefficient (Wildman–Crippen LogP) is 2.30. The van der Waals surface area contributed by atoms with Crippen molar-refractivity contribution in [2.75, 3.05) is 6.26 Å². The molecule has 0 spiro atoms. The molecule has 0 aromatic heterocycles. The highest BCUT2D eigenvalue weighted by Gasteiger charge is 2.48. The van der Waals surface area contributed by atoms with E-state index in [0.29, 0.717) is 0 Å². The fraction of sp³-hybridized carbons (Fsp3) is 0.188. The van der Waals surface area contributed by atoms with E-state index in [1.54, 1.807) is 11.8 Å². The van der Waals surface area contributed by atoms with Crippen LogP contribution in [0.15, 0.2) is 60.7 Å². The molecule has 0 aliphatic carbocycles. The summed E-state index contributed by atoms with van der Waals surface area (Å²) in [6, 6.07) is 19.7. The topological polar surface area (TPSA) is 41.1 Å². The van der Waals surface area contributed by atoms with Crippen molar-refractivity contribution in [3.05, 3.63) is 71.8 Å². The summed E-state index contributed by atoms with van der Waals surface area (Å²) in [6.07, 6.45) is 1.98. The number of thioether (sulfide) groups is 1. The molecule has 1 fully saturated rings. The van der Waals surface area contributed by atoms with Crippen LogP contribution in [-0.4, -0.2) is 17.7 Å². The Balaban J connectivity index is 2.17. The fourth-order valence-electron chi connectivity index (χ4n) is 2.62. The normalized spacial score (nSPS) is 20.6. The van der Waals surface area contributed by atoms with Crippen LogP contribution in [0, 0.1) is 0 Å². The van der Waals surface area contributed by atoms with Gasteiger partial charge in [0.05, 0.1) is 0 Å². The maximum atomic E-state index is 12.7. The molecule has 1 unspecified atom stereocenters. The van der Waals surface area contributed by atoms with Crippen molar-refractivity contribution in [3.63, 3.8) is 0 Å². The molecule has 2 N–H and O–H groups in total. The zero-order chi connectivity index (χ0) is 14.0. The Morgan fingerprint density at radius 2 is 1.45 bits per heavy atom. The van der Waals surface area contributed by atoms with Crippen LogP contribution in [-0.2, 0) is 10.3 Å². The Hall–Kier alpha value is -1.78. The van der Waals surface area contributed by atoms with E-state index < -0.39 is 5.54 Å². The molecule has 1 atom stereocenters. The van der Waals surface area contributed by atoms with E-state index in [1.807, 2.05) is 66.9 Å².